The Hall–Kier alpha value is 0.0500. The van der Waals surface area contributed by atoms with E-state index in [1.165, 1.54) is 0 Å². The van der Waals surface area contributed by atoms with Crippen LogP contribution in [0.15, 0.2) is 12.1 Å². The first kappa shape index (κ1) is 10.1. The third-order valence-corrected chi connectivity index (χ3v) is 2.65. The summed E-state index contributed by atoms with van der Waals surface area (Å²) in [4.78, 5) is 0. The lowest BCUT2D eigenvalue weighted by atomic mass is 10.1. The summed E-state index contributed by atoms with van der Waals surface area (Å²) in [5, 5.41) is 10.4. The first-order valence-electron chi connectivity index (χ1n) is 3.35. The third kappa shape index (κ3) is 1.86. The van der Waals surface area contributed by atoms with Gasteiger partial charge < -0.3 is 5.11 Å². The largest absolute Gasteiger partial charge is 0.389 e. The maximum Gasteiger partial charge on any atom is 0.0791 e. The number of rotatable bonds is 1. The first-order valence-corrected chi connectivity index (χ1v) is 4.49. The molecule has 12 heavy (non-hydrogen) atoms. The predicted molar refractivity (Wildman–Crippen MR) is 52.1 cm³/mol. The van der Waals surface area contributed by atoms with Crippen molar-refractivity contribution >= 4 is 34.8 Å². The van der Waals surface area contributed by atoms with Gasteiger partial charge in [0.2, 0.25) is 0 Å². The molecular weight excluding hydrogens is 218 g/mol. The summed E-state index contributed by atoms with van der Waals surface area (Å²) in [6.45, 7) is 1.59. The van der Waals surface area contributed by atoms with Crippen molar-refractivity contribution in [2.24, 2.45) is 0 Å². The standard InChI is InChI=1S/C8H7Cl3O/c1-4(12)7-5(9)2-3-6(10)8(7)11/h2-4,12H,1H3. The molecule has 1 rings (SSSR count). The van der Waals surface area contributed by atoms with E-state index in [-0.39, 0.29) is 0 Å². The van der Waals surface area contributed by atoms with E-state index in [0.29, 0.717) is 20.6 Å². The number of aliphatic hydroxyl groups excluding tert-OH is 1. The van der Waals surface area contributed by atoms with Gasteiger partial charge in [0.25, 0.3) is 0 Å². The van der Waals surface area contributed by atoms with Gasteiger partial charge in [0, 0.05) is 10.6 Å². The van der Waals surface area contributed by atoms with Crippen molar-refractivity contribution in [3.05, 3.63) is 32.8 Å². The van der Waals surface area contributed by atoms with E-state index in [9.17, 15) is 5.11 Å². The molecular formula is C8H7Cl3O. The Bertz CT molecular complexity index is 297. The topological polar surface area (TPSA) is 20.2 Å². The number of benzene rings is 1. The van der Waals surface area contributed by atoms with Gasteiger partial charge in [-0.3, -0.25) is 0 Å². The summed E-state index contributed by atoms with van der Waals surface area (Å²) in [7, 11) is 0. The molecule has 0 saturated heterocycles. The molecule has 0 bridgehead atoms. The summed E-state index contributed by atoms with van der Waals surface area (Å²) >= 11 is 17.3. The molecule has 0 radical (unpaired) electrons. The number of hydrogen-bond acceptors (Lipinski definition) is 1. The molecule has 1 unspecified atom stereocenters. The van der Waals surface area contributed by atoms with Crippen molar-refractivity contribution in [1.82, 2.24) is 0 Å². The van der Waals surface area contributed by atoms with Gasteiger partial charge in [0.15, 0.2) is 0 Å². The van der Waals surface area contributed by atoms with Crippen LogP contribution in [0.5, 0.6) is 0 Å². The fraction of sp³-hybridized carbons (Fsp3) is 0.250. The zero-order valence-electron chi connectivity index (χ0n) is 6.31. The molecule has 1 nitrogen and oxygen atoms in total. The van der Waals surface area contributed by atoms with Crippen LogP contribution in [0, 0.1) is 0 Å². The van der Waals surface area contributed by atoms with Crippen molar-refractivity contribution in [3.63, 3.8) is 0 Å². The van der Waals surface area contributed by atoms with E-state index >= 15 is 0 Å². The van der Waals surface area contributed by atoms with Gasteiger partial charge in [-0.2, -0.15) is 0 Å². The Morgan fingerprint density at radius 2 is 1.67 bits per heavy atom. The second kappa shape index (κ2) is 3.84. The molecule has 0 aliphatic carbocycles. The van der Waals surface area contributed by atoms with Crippen LogP contribution in [0.4, 0.5) is 0 Å². The van der Waals surface area contributed by atoms with Crippen LogP contribution in [0.3, 0.4) is 0 Å². The minimum absolute atomic E-state index is 0.319. The van der Waals surface area contributed by atoms with Crippen molar-refractivity contribution < 1.29 is 5.11 Å². The smallest absolute Gasteiger partial charge is 0.0791 e. The summed E-state index contributed by atoms with van der Waals surface area (Å²) in [6, 6.07) is 3.20. The fourth-order valence-corrected chi connectivity index (χ4v) is 1.78. The number of hydrogen-bond donors (Lipinski definition) is 1. The highest BCUT2D eigenvalue weighted by molar-refractivity contribution is 6.44. The van der Waals surface area contributed by atoms with Crippen molar-refractivity contribution in [2.75, 3.05) is 0 Å². The quantitative estimate of drug-likeness (QED) is 0.723. The maximum atomic E-state index is 9.28. The van der Waals surface area contributed by atoms with Crippen molar-refractivity contribution in [1.29, 1.82) is 0 Å². The van der Waals surface area contributed by atoms with E-state index in [4.69, 9.17) is 34.8 Å². The highest BCUT2D eigenvalue weighted by atomic mass is 35.5. The normalized spacial score (nSPS) is 13.1. The molecule has 1 atom stereocenters. The Kier molecular flexibility index (Phi) is 3.24. The van der Waals surface area contributed by atoms with Crippen molar-refractivity contribution in [2.45, 2.75) is 13.0 Å². The second-order valence-corrected chi connectivity index (χ2v) is 3.63. The third-order valence-electron chi connectivity index (χ3n) is 1.50. The van der Waals surface area contributed by atoms with Crippen LogP contribution in [0.2, 0.25) is 15.1 Å². The second-order valence-electron chi connectivity index (χ2n) is 2.43. The van der Waals surface area contributed by atoms with Crippen LogP contribution < -0.4 is 0 Å². The van der Waals surface area contributed by atoms with Crippen LogP contribution in [0.1, 0.15) is 18.6 Å². The van der Waals surface area contributed by atoms with Gasteiger partial charge in [-0.15, -0.1) is 0 Å². The predicted octanol–water partition coefficient (Wildman–Crippen LogP) is 3.70. The molecule has 0 heterocycles. The molecule has 0 saturated carbocycles. The maximum absolute atomic E-state index is 9.28. The number of aliphatic hydroxyl groups is 1. The lowest BCUT2D eigenvalue weighted by Gasteiger charge is -2.10. The monoisotopic (exact) mass is 224 g/mol. The van der Waals surface area contributed by atoms with Gasteiger partial charge in [-0.25, -0.2) is 0 Å². The summed E-state index contributed by atoms with van der Waals surface area (Å²) < 4.78 is 0. The van der Waals surface area contributed by atoms with Gasteiger partial charge >= 0.3 is 0 Å². The fourth-order valence-electron chi connectivity index (χ4n) is 0.926. The lowest BCUT2D eigenvalue weighted by Crippen LogP contribution is -1.93. The van der Waals surface area contributed by atoms with Gasteiger partial charge in [0.1, 0.15) is 0 Å². The van der Waals surface area contributed by atoms with E-state index in [0.717, 1.165) is 0 Å². The molecule has 66 valence electrons. The van der Waals surface area contributed by atoms with E-state index in [1.807, 2.05) is 0 Å². The SMILES string of the molecule is CC(O)c1c(Cl)ccc(Cl)c1Cl. The molecule has 0 spiro atoms. The van der Waals surface area contributed by atoms with Crippen LogP contribution in [-0.4, -0.2) is 5.11 Å². The molecule has 1 aromatic rings. The summed E-state index contributed by atoms with van der Waals surface area (Å²) in [5.74, 6) is 0. The van der Waals surface area contributed by atoms with E-state index in [2.05, 4.69) is 0 Å². The molecule has 0 aromatic heterocycles. The zero-order chi connectivity index (χ0) is 9.30. The molecule has 0 aliphatic heterocycles. The first-order chi connectivity index (χ1) is 5.54. The average Bonchev–Trinajstić information content (AvgIpc) is 1.97. The Balaban J connectivity index is 3.33. The van der Waals surface area contributed by atoms with Crippen LogP contribution in [-0.2, 0) is 0 Å². The van der Waals surface area contributed by atoms with Crippen LogP contribution >= 0.6 is 34.8 Å². The Labute approximate surface area is 85.9 Å². The van der Waals surface area contributed by atoms with Crippen molar-refractivity contribution in [3.8, 4) is 0 Å². The molecule has 0 fully saturated rings. The van der Waals surface area contributed by atoms with E-state index in [1.54, 1.807) is 19.1 Å². The molecule has 1 N–H and O–H groups in total. The highest BCUT2D eigenvalue weighted by Gasteiger charge is 2.13. The highest BCUT2D eigenvalue weighted by Crippen LogP contribution is 2.35. The molecule has 0 aliphatic rings. The molecule has 0 amide bonds. The Morgan fingerprint density at radius 1 is 1.17 bits per heavy atom. The lowest BCUT2D eigenvalue weighted by molar-refractivity contribution is 0.199. The van der Waals surface area contributed by atoms with Gasteiger partial charge in [-0.05, 0) is 19.1 Å². The minimum atomic E-state index is -0.705. The average molecular weight is 226 g/mol. The summed E-state index contributed by atoms with van der Waals surface area (Å²) in [6.07, 6.45) is -0.705. The van der Waals surface area contributed by atoms with Gasteiger partial charge in [-0.1, -0.05) is 34.8 Å². The summed E-state index contributed by atoms with van der Waals surface area (Å²) in [5.41, 5.74) is 0.478. The molecule has 4 heteroatoms. The Morgan fingerprint density at radius 3 is 2.08 bits per heavy atom. The zero-order valence-corrected chi connectivity index (χ0v) is 8.58. The minimum Gasteiger partial charge on any atom is -0.389 e. The van der Waals surface area contributed by atoms with E-state index < -0.39 is 6.10 Å². The van der Waals surface area contributed by atoms with Gasteiger partial charge in [0.05, 0.1) is 16.1 Å². The number of halogens is 3. The van der Waals surface area contributed by atoms with Crippen LogP contribution in [0.25, 0.3) is 0 Å². The molecule has 1 aromatic carbocycles.